The molecule has 0 aliphatic carbocycles. The number of aromatic nitrogens is 1. The Morgan fingerprint density at radius 1 is 0.943 bits per heavy atom. The molecular weight excluding hydrogens is 515 g/mol. The van der Waals surface area contributed by atoms with Gasteiger partial charge >= 0.3 is 29.6 Å². The van der Waals surface area contributed by atoms with Gasteiger partial charge in [0.05, 0.1) is 16.1 Å². The van der Waals surface area contributed by atoms with Crippen molar-refractivity contribution in [1.29, 1.82) is 0 Å². The predicted octanol–water partition coefficient (Wildman–Crippen LogP) is 4.45. The van der Waals surface area contributed by atoms with Crippen molar-refractivity contribution in [3.63, 3.8) is 0 Å². The molecule has 0 atom stereocenters. The van der Waals surface area contributed by atoms with Crippen molar-refractivity contribution in [2.75, 3.05) is 11.2 Å². The zero-order chi connectivity index (χ0) is 24.0. The molecule has 0 saturated heterocycles. The van der Waals surface area contributed by atoms with E-state index in [0.717, 1.165) is 26.6 Å². The van der Waals surface area contributed by atoms with Crippen LogP contribution in [0.15, 0.2) is 75.1 Å². The van der Waals surface area contributed by atoms with Crippen molar-refractivity contribution in [2.24, 2.45) is 20.5 Å². The van der Waals surface area contributed by atoms with Crippen molar-refractivity contribution in [1.82, 2.24) is 4.98 Å². The second-order valence-corrected chi connectivity index (χ2v) is 10.8. The molecule has 2 heterocycles. The number of azo groups is 2. The number of aryl methyl sites for hydroxylation is 1. The molecule has 2 aromatic heterocycles. The normalized spacial score (nSPS) is 11.9. The van der Waals surface area contributed by atoms with Gasteiger partial charge in [-0.25, -0.2) is 13.4 Å². The molecular formula is C22H21N6NaO3S3. The molecule has 4 aromatic rings. The molecule has 9 nitrogen and oxygen atoms in total. The number of rotatable bonds is 10. The van der Waals surface area contributed by atoms with Crippen LogP contribution in [0.2, 0.25) is 0 Å². The third-order valence-corrected chi connectivity index (χ3v) is 7.08. The summed E-state index contributed by atoms with van der Waals surface area (Å²) in [5, 5.41) is 20.8. The Hall–Kier alpha value is -2.06. The zero-order valence-electron chi connectivity index (χ0n) is 19.2. The smallest absolute Gasteiger partial charge is 0.747 e. The summed E-state index contributed by atoms with van der Waals surface area (Å²) in [6, 6.07) is 16.6. The fourth-order valence-electron chi connectivity index (χ4n) is 2.94. The summed E-state index contributed by atoms with van der Waals surface area (Å²) in [4.78, 5) is 5.30. The van der Waals surface area contributed by atoms with Gasteiger partial charge in [-0.2, -0.15) is 0 Å². The summed E-state index contributed by atoms with van der Waals surface area (Å²) in [5.41, 5.74) is 3.20. The summed E-state index contributed by atoms with van der Waals surface area (Å²) in [6.45, 7) is 2.19. The Morgan fingerprint density at radius 3 is 2.23 bits per heavy atom. The minimum absolute atomic E-state index is 0. The van der Waals surface area contributed by atoms with Gasteiger partial charge in [-0.3, -0.25) is 0 Å². The molecule has 0 spiro atoms. The fraction of sp³-hybridized carbons (Fsp3) is 0.227. The van der Waals surface area contributed by atoms with Gasteiger partial charge in [0.25, 0.3) is 0 Å². The van der Waals surface area contributed by atoms with E-state index in [4.69, 9.17) is 0 Å². The Balaban J connectivity index is 0.00000342. The first-order valence-corrected chi connectivity index (χ1v) is 13.7. The van der Waals surface area contributed by atoms with Crippen LogP contribution in [0.25, 0.3) is 9.53 Å². The fourth-order valence-corrected chi connectivity index (χ4v) is 5.13. The molecule has 0 saturated carbocycles. The molecule has 13 heteroatoms. The van der Waals surface area contributed by atoms with E-state index in [0.29, 0.717) is 16.5 Å². The summed E-state index contributed by atoms with van der Waals surface area (Å²) >= 11 is 2.84. The van der Waals surface area contributed by atoms with Crippen molar-refractivity contribution in [3.8, 4) is 0 Å². The molecule has 0 fully saturated rings. The Labute approximate surface area is 233 Å². The molecule has 35 heavy (non-hydrogen) atoms. The molecule has 0 aliphatic rings. The van der Waals surface area contributed by atoms with Gasteiger partial charge < -0.3 is 9.87 Å². The number of anilines is 1. The van der Waals surface area contributed by atoms with Crippen molar-refractivity contribution >= 4 is 69.5 Å². The first kappa shape index (κ1) is 27.5. The van der Waals surface area contributed by atoms with Crippen molar-refractivity contribution in [2.45, 2.75) is 26.2 Å². The van der Waals surface area contributed by atoms with E-state index in [9.17, 15) is 13.0 Å². The quantitative estimate of drug-likeness (QED) is 0.182. The van der Waals surface area contributed by atoms with Crippen LogP contribution in [0.4, 0.5) is 27.2 Å². The second-order valence-electron chi connectivity index (χ2n) is 7.35. The first-order chi connectivity index (χ1) is 16.4. The average molecular weight is 537 g/mol. The number of unbranched alkanes of at least 4 members (excludes halogenated alkanes) is 1. The molecule has 0 aliphatic heterocycles. The van der Waals surface area contributed by atoms with Crippen LogP contribution in [0.1, 0.15) is 25.3 Å². The third-order valence-electron chi connectivity index (χ3n) is 4.66. The van der Waals surface area contributed by atoms with Crippen LogP contribution in [0.3, 0.4) is 0 Å². The average Bonchev–Trinajstić information content (AvgIpc) is 3.38. The van der Waals surface area contributed by atoms with E-state index in [-0.39, 0.29) is 29.6 Å². The van der Waals surface area contributed by atoms with E-state index < -0.39 is 16.0 Å². The van der Waals surface area contributed by atoms with E-state index in [2.05, 4.69) is 49.8 Å². The minimum Gasteiger partial charge on any atom is -0.747 e. The zero-order valence-corrected chi connectivity index (χ0v) is 23.7. The largest absolute Gasteiger partial charge is 1.00 e. The summed E-state index contributed by atoms with van der Waals surface area (Å²) in [7, 11) is -4.33. The van der Waals surface area contributed by atoms with Gasteiger partial charge in [0, 0.05) is 5.69 Å². The summed E-state index contributed by atoms with van der Waals surface area (Å²) in [6.07, 6.45) is 3.44. The Bertz CT molecular complexity index is 1380. The predicted molar refractivity (Wildman–Crippen MR) is 136 cm³/mol. The van der Waals surface area contributed by atoms with Crippen LogP contribution >= 0.6 is 22.7 Å². The number of nitrogens with zero attached hydrogens (tertiary/aromatic N) is 5. The van der Waals surface area contributed by atoms with E-state index in [1.54, 1.807) is 24.3 Å². The molecule has 1 N–H and O–H groups in total. The number of thiazole rings is 1. The standard InChI is InChI=1S/C22H22N6O3S3.Na/c1-2-3-4-15-5-7-17(8-6-15)25-27-20-13-19-21(33-20)24-22(32-19)28-26-18-11-9-16(10-12-18)23-14-34(29,30)31;/h5-13,23H,2-4,14H2,1H3,(H,29,30,31);/q;+1/p-1. The van der Waals surface area contributed by atoms with E-state index in [1.165, 1.54) is 41.1 Å². The SMILES string of the molecule is CCCCc1ccc(N=Nc2cc3sc(N=Nc4ccc(NCS(=O)(=O)[O-])cc4)nc3s2)cc1.[Na+]. The Kier molecular flexibility index (Phi) is 10.0. The van der Waals surface area contributed by atoms with Gasteiger partial charge in [0.1, 0.15) is 25.8 Å². The maximum atomic E-state index is 10.7. The summed E-state index contributed by atoms with van der Waals surface area (Å²) in [5.74, 6) is -0.670. The molecule has 0 radical (unpaired) electrons. The van der Waals surface area contributed by atoms with Crippen LogP contribution < -0.4 is 34.9 Å². The maximum absolute atomic E-state index is 10.7. The molecule has 2 aromatic carbocycles. The molecule has 176 valence electrons. The summed E-state index contributed by atoms with van der Waals surface area (Å²) < 4.78 is 33.0. The molecule has 0 bridgehead atoms. The van der Waals surface area contributed by atoms with E-state index >= 15 is 0 Å². The van der Waals surface area contributed by atoms with Crippen LogP contribution in [-0.2, 0) is 16.5 Å². The number of thiophene rings is 1. The molecule has 0 unspecified atom stereocenters. The van der Waals surface area contributed by atoms with Crippen LogP contribution in [0.5, 0.6) is 0 Å². The second kappa shape index (κ2) is 12.8. The number of hydrogen-bond acceptors (Lipinski definition) is 11. The number of benzene rings is 2. The molecule has 4 rings (SSSR count). The number of hydrogen-bond donors (Lipinski definition) is 1. The third kappa shape index (κ3) is 8.53. The Morgan fingerprint density at radius 2 is 1.60 bits per heavy atom. The van der Waals surface area contributed by atoms with E-state index in [1.807, 2.05) is 18.2 Å². The number of nitrogens with one attached hydrogen (secondary N) is 1. The topological polar surface area (TPSA) is 132 Å². The first-order valence-electron chi connectivity index (χ1n) is 10.5. The van der Waals surface area contributed by atoms with Crippen molar-refractivity contribution in [3.05, 3.63) is 60.2 Å². The van der Waals surface area contributed by atoms with Crippen LogP contribution in [0, 0.1) is 0 Å². The van der Waals surface area contributed by atoms with Crippen LogP contribution in [-0.4, -0.2) is 23.8 Å². The van der Waals surface area contributed by atoms with Crippen molar-refractivity contribution < 1.29 is 42.5 Å². The number of fused-ring (bicyclic) bond motifs is 1. The van der Waals surface area contributed by atoms with Gasteiger partial charge in [0.15, 0.2) is 0 Å². The monoisotopic (exact) mass is 536 g/mol. The van der Waals surface area contributed by atoms with Gasteiger partial charge in [-0.15, -0.1) is 20.5 Å². The minimum atomic E-state index is -4.33. The van der Waals surface area contributed by atoms with Gasteiger partial charge in [-0.05, 0) is 60.9 Å². The van der Waals surface area contributed by atoms with Gasteiger partial charge in [-0.1, -0.05) is 48.2 Å². The molecule has 0 amide bonds. The maximum Gasteiger partial charge on any atom is 1.00 e. The van der Waals surface area contributed by atoms with Gasteiger partial charge in [0.2, 0.25) is 5.13 Å².